The van der Waals surface area contributed by atoms with Crippen LogP contribution in [-0.2, 0) is 14.2 Å². The predicted octanol–water partition coefficient (Wildman–Crippen LogP) is -1.77. The highest BCUT2D eigenvalue weighted by atomic mass is 31.2. The second kappa shape index (κ2) is 3.50. The van der Waals surface area contributed by atoms with Gasteiger partial charge in [-0.3, -0.25) is 14.2 Å². The molecule has 0 aliphatic heterocycles. The topological polar surface area (TPSA) is 123 Å². The third-order valence-corrected chi connectivity index (χ3v) is 2.42. The van der Waals surface area contributed by atoms with E-state index in [1.807, 2.05) is 0 Å². The number of carbonyl (C=O) groups is 2. The molecule has 64 valence electrons. The number of amides is 2. The molecule has 6 nitrogen and oxygen atoms in total. The predicted molar refractivity (Wildman–Crippen MR) is 37.9 cm³/mol. The van der Waals surface area contributed by atoms with Crippen LogP contribution >= 0.6 is 7.37 Å². The third-order valence-electron chi connectivity index (χ3n) is 0.806. The molecule has 0 saturated heterocycles. The minimum Gasteiger partial charge on any atom is -0.369 e. The van der Waals surface area contributed by atoms with E-state index in [1.165, 1.54) is 0 Å². The molecule has 0 heterocycles. The van der Waals surface area contributed by atoms with Crippen molar-refractivity contribution in [3.63, 3.8) is 0 Å². The summed E-state index contributed by atoms with van der Waals surface area (Å²) in [5.41, 5.74) is 9.26. The summed E-state index contributed by atoms with van der Waals surface area (Å²) in [6.07, 6.45) is -1.40. The summed E-state index contributed by atoms with van der Waals surface area (Å²) in [5, 5.41) is 0. The maximum absolute atomic E-state index is 10.8. The second-order valence-corrected chi connectivity index (χ2v) is 4.42. The highest BCUT2D eigenvalue weighted by Crippen LogP contribution is 2.38. The van der Waals surface area contributed by atoms with Gasteiger partial charge in [-0.05, 0) is 0 Å². The van der Waals surface area contributed by atoms with Gasteiger partial charge < -0.3 is 16.4 Å². The van der Waals surface area contributed by atoms with Crippen molar-refractivity contribution < 1.29 is 19.0 Å². The number of primary amides is 2. The minimum absolute atomic E-state index is 0.698. The lowest BCUT2D eigenvalue weighted by Gasteiger charge is -2.05. The van der Waals surface area contributed by atoms with Crippen molar-refractivity contribution in [3.8, 4) is 0 Å². The number of hydrogen-bond donors (Lipinski definition) is 3. The lowest BCUT2D eigenvalue weighted by molar-refractivity contribution is -0.116. The Hall–Kier alpha value is -0.870. The first-order valence-corrected chi connectivity index (χ1v) is 4.74. The first-order valence-electron chi connectivity index (χ1n) is 2.71. The smallest absolute Gasteiger partial charge is 0.227 e. The third kappa shape index (κ3) is 5.57. The fourth-order valence-electron chi connectivity index (χ4n) is 0.543. The lowest BCUT2D eigenvalue weighted by atomic mass is 10.7. The normalized spacial score (nSPS) is 11.0. The Morgan fingerprint density at radius 2 is 1.45 bits per heavy atom. The van der Waals surface area contributed by atoms with Gasteiger partial charge in [-0.1, -0.05) is 0 Å². The Bertz CT molecular complexity index is 206. The highest BCUT2D eigenvalue weighted by molar-refractivity contribution is 7.59. The second-order valence-electron chi connectivity index (χ2n) is 2.10. The van der Waals surface area contributed by atoms with E-state index >= 15 is 0 Å². The Morgan fingerprint density at radius 1 is 1.18 bits per heavy atom. The van der Waals surface area contributed by atoms with Crippen LogP contribution in [0.1, 0.15) is 0 Å². The monoisotopic (exact) mass is 180 g/mol. The van der Waals surface area contributed by atoms with Gasteiger partial charge in [0.25, 0.3) is 0 Å². The summed E-state index contributed by atoms with van der Waals surface area (Å²) in [7, 11) is -3.75. The van der Waals surface area contributed by atoms with Crippen molar-refractivity contribution in [1.29, 1.82) is 0 Å². The molecule has 5 N–H and O–H groups in total. The molecule has 0 radical (unpaired) electrons. The SMILES string of the molecule is NC(=O)CP(=O)(O)CC(N)=O. The average molecular weight is 180 g/mol. The number of nitrogens with two attached hydrogens (primary N) is 2. The molecular formula is C4H9N2O4P. The molecule has 0 saturated carbocycles. The van der Waals surface area contributed by atoms with E-state index in [1.54, 1.807) is 0 Å². The molecule has 0 unspecified atom stereocenters. The number of rotatable bonds is 4. The Morgan fingerprint density at radius 3 is 1.64 bits per heavy atom. The van der Waals surface area contributed by atoms with Gasteiger partial charge >= 0.3 is 0 Å². The van der Waals surface area contributed by atoms with Crippen LogP contribution in [0.4, 0.5) is 0 Å². The molecular weight excluding hydrogens is 171 g/mol. The summed E-state index contributed by atoms with van der Waals surface area (Å²) in [6.45, 7) is 0. The van der Waals surface area contributed by atoms with Crippen LogP contribution in [0.25, 0.3) is 0 Å². The van der Waals surface area contributed by atoms with Crippen molar-refractivity contribution in [3.05, 3.63) is 0 Å². The van der Waals surface area contributed by atoms with Crippen molar-refractivity contribution >= 4 is 19.2 Å². The molecule has 2 amide bonds. The van der Waals surface area contributed by atoms with Crippen LogP contribution in [0.3, 0.4) is 0 Å². The van der Waals surface area contributed by atoms with E-state index in [4.69, 9.17) is 4.89 Å². The Labute approximate surface area is 63.0 Å². The molecule has 0 bridgehead atoms. The van der Waals surface area contributed by atoms with E-state index < -0.39 is 31.5 Å². The molecule has 0 aromatic carbocycles. The van der Waals surface area contributed by atoms with Gasteiger partial charge in [0, 0.05) is 0 Å². The molecule has 11 heavy (non-hydrogen) atoms. The molecule has 7 heteroatoms. The molecule has 0 aliphatic carbocycles. The van der Waals surface area contributed by atoms with Crippen LogP contribution in [0.15, 0.2) is 0 Å². The van der Waals surface area contributed by atoms with E-state index in [0.29, 0.717) is 0 Å². The molecule has 0 rings (SSSR count). The van der Waals surface area contributed by atoms with E-state index in [9.17, 15) is 14.2 Å². The molecule has 0 aromatic rings. The highest BCUT2D eigenvalue weighted by Gasteiger charge is 2.23. The summed E-state index contributed by atoms with van der Waals surface area (Å²) < 4.78 is 10.8. The zero-order valence-electron chi connectivity index (χ0n) is 5.69. The van der Waals surface area contributed by atoms with E-state index in [2.05, 4.69) is 11.5 Å². The Kier molecular flexibility index (Phi) is 3.22. The Balaban J connectivity index is 4.12. The summed E-state index contributed by atoms with van der Waals surface area (Å²) >= 11 is 0. The number of hydrogen-bond acceptors (Lipinski definition) is 3. The van der Waals surface area contributed by atoms with Crippen molar-refractivity contribution in [2.24, 2.45) is 11.5 Å². The minimum atomic E-state index is -3.75. The summed E-state index contributed by atoms with van der Waals surface area (Å²) in [6, 6.07) is 0. The molecule has 0 atom stereocenters. The quantitative estimate of drug-likeness (QED) is 0.442. The molecule has 0 aromatic heterocycles. The van der Waals surface area contributed by atoms with Gasteiger partial charge in [0.1, 0.15) is 12.3 Å². The fraction of sp³-hybridized carbons (Fsp3) is 0.500. The van der Waals surface area contributed by atoms with Gasteiger partial charge in [-0.25, -0.2) is 0 Å². The van der Waals surface area contributed by atoms with Crippen LogP contribution < -0.4 is 11.5 Å². The summed E-state index contributed by atoms with van der Waals surface area (Å²) in [4.78, 5) is 29.1. The van der Waals surface area contributed by atoms with Gasteiger partial charge in [-0.2, -0.15) is 0 Å². The van der Waals surface area contributed by atoms with Gasteiger partial charge in [-0.15, -0.1) is 0 Å². The van der Waals surface area contributed by atoms with E-state index in [0.717, 1.165) is 0 Å². The first kappa shape index (κ1) is 10.1. The maximum atomic E-state index is 10.8. The first-order chi connectivity index (χ1) is 4.83. The molecule has 0 aliphatic rings. The fourth-order valence-corrected chi connectivity index (χ4v) is 1.63. The van der Waals surface area contributed by atoms with Gasteiger partial charge in [0.05, 0.1) is 0 Å². The summed E-state index contributed by atoms with van der Waals surface area (Å²) in [5.74, 6) is -1.84. The van der Waals surface area contributed by atoms with Crippen molar-refractivity contribution in [1.82, 2.24) is 0 Å². The van der Waals surface area contributed by atoms with Crippen molar-refractivity contribution in [2.75, 3.05) is 12.3 Å². The van der Waals surface area contributed by atoms with Crippen LogP contribution in [0.2, 0.25) is 0 Å². The largest absolute Gasteiger partial charge is 0.369 e. The standard InChI is InChI=1S/C4H9N2O4P/c5-3(7)1-11(9,10)2-4(6)8/h1-2H2,(H2,5,7)(H2,6,8)(H,9,10). The zero-order valence-corrected chi connectivity index (χ0v) is 6.58. The van der Waals surface area contributed by atoms with Crippen LogP contribution in [-0.4, -0.2) is 29.0 Å². The lowest BCUT2D eigenvalue weighted by Crippen LogP contribution is -2.22. The van der Waals surface area contributed by atoms with Crippen LogP contribution in [0, 0.1) is 0 Å². The number of carbonyl (C=O) groups excluding carboxylic acids is 2. The van der Waals surface area contributed by atoms with Crippen molar-refractivity contribution in [2.45, 2.75) is 0 Å². The molecule has 0 fully saturated rings. The van der Waals surface area contributed by atoms with Crippen LogP contribution in [0.5, 0.6) is 0 Å². The average Bonchev–Trinajstić information content (AvgIpc) is 1.53. The zero-order chi connectivity index (χ0) is 9.07. The van der Waals surface area contributed by atoms with Gasteiger partial charge in [0.2, 0.25) is 19.2 Å². The molecule has 0 spiro atoms. The maximum Gasteiger partial charge on any atom is 0.227 e. The van der Waals surface area contributed by atoms with E-state index in [-0.39, 0.29) is 0 Å². The van der Waals surface area contributed by atoms with Gasteiger partial charge in [0.15, 0.2) is 0 Å².